The lowest BCUT2D eigenvalue weighted by atomic mass is 10.0. The van der Waals surface area contributed by atoms with Crippen LogP contribution in [0.2, 0.25) is 10.0 Å². The molecule has 0 radical (unpaired) electrons. The van der Waals surface area contributed by atoms with Crippen LogP contribution in [0, 0.1) is 0 Å². The molecule has 4 nitrogen and oxygen atoms in total. The number of hydrogen-bond donors (Lipinski definition) is 2. The van der Waals surface area contributed by atoms with Gasteiger partial charge in [-0.15, -0.1) is 0 Å². The Morgan fingerprint density at radius 3 is 2.62 bits per heavy atom. The fourth-order valence-corrected chi connectivity index (χ4v) is 1.98. The first-order chi connectivity index (χ1) is 7.45. The van der Waals surface area contributed by atoms with Gasteiger partial charge in [-0.05, 0) is 12.1 Å². The second kappa shape index (κ2) is 5.39. The molecule has 0 spiro atoms. The van der Waals surface area contributed by atoms with Gasteiger partial charge in [-0.2, -0.15) is 0 Å². The Morgan fingerprint density at radius 2 is 2.12 bits per heavy atom. The first kappa shape index (κ1) is 13.1. The Labute approximate surface area is 103 Å². The number of rotatable bonds is 4. The number of halogens is 2. The molecule has 1 aromatic carbocycles. The topological polar surface area (TPSA) is 78.3 Å². The lowest BCUT2D eigenvalue weighted by Crippen LogP contribution is -2.21. The molecule has 0 bridgehead atoms. The molecule has 4 N–H and O–H groups in total. The largest absolute Gasteiger partial charge is 0.495 e. The van der Waals surface area contributed by atoms with Gasteiger partial charge in [0.2, 0.25) is 5.91 Å². The van der Waals surface area contributed by atoms with E-state index < -0.39 is 11.9 Å². The highest BCUT2D eigenvalue weighted by atomic mass is 35.5. The van der Waals surface area contributed by atoms with E-state index in [-0.39, 0.29) is 6.42 Å². The highest BCUT2D eigenvalue weighted by molar-refractivity contribution is 6.35. The predicted molar refractivity (Wildman–Crippen MR) is 63.8 cm³/mol. The average molecular weight is 263 g/mol. The van der Waals surface area contributed by atoms with Crippen LogP contribution >= 0.6 is 23.2 Å². The summed E-state index contributed by atoms with van der Waals surface area (Å²) < 4.78 is 5.11. The lowest BCUT2D eigenvalue weighted by molar-refractivity contribution is -0.118. The van der Waals surface area contributed by atoms with Crippen LogP contribution in [0.4, 0.5) is 0 Å². The maximum absolute atomic E-state index is 10.8. The zero-order valence-electron chi connectivity index (χ0n) is 8.67. The first-order valence-electron chi connectivity index (χ1n) is 4.52. The molecule has 0 aliphatic rings. The van der Waals surface area contributed by atoms with Crippen molar-refractivity contribution in [1.82, 2.24) is 0 Å². The summed E-state index contributed by atoms with van der Waals surface area (Å²) in [6.07, 6.45) is 0.00698. The van der Waals surface area contributed by atoms with E-state index in [1.54, 1.807) is 12.1 Å². The molecular weight excluding hydrogens is 251 g/mol. The fraction of sp³-hybridized carbons (Fsp3) is 0.300. The van der Waals surface area contributed by atoms with Crippen molar-refractivity contribution in [3.63, 3.8) is 0 Å². The molecule has 16 heavy (non-hydrogen) atoms. The molecule has 1 rings (SSSR count). The Kier molecular flexibility index (Phi) is 4.41. The number of methoxy groups -OCH3 is 1. The molecule has 1 aromatic rings. The van der Waals surface area contributed by atoms with Crippen molar-refractivity contribution in [3.8, 4) is 5.75 Å². The fourth-order valence-electron chi connectivity index (χ4n) is 1.40. The van der Waals surface area contributed by atoms with Crippen molar-refractivity contribution >= 4 is 29.1 Å². The number of primary amides is 1. The monoisotopic (exact) mass is 262 g/mol. The van der Waals surface area contributed by atoms with Crippen LogP contribution in [-0.2, 0) is 4.79 Å². The van der Waals surface area contributed by atoms with Crippen LogP contribution in [0.3, 0.4) is 0 Å². The zero-order chi connectivity index (χ0) is 12.3. The smallest absolute Gasteiger partial charge is 0.219 e. The van der Waals surface area contributed by atoms with Gasteiger partial charge < -0.3 is 16.2 Å². The maximum Gasteiger partial charge on any atom is 0.219 e. The number of carbonyl (C=O) groups is 1. The van der Waals surface area contributed by atoms with Crippen molar-refractivity contribution < 1.29 is 9.53 Å². The lowest BCUT2D eigenvalue weighted by Gasteiger charge is -2.16. The third kappa shape index (κ3) is 3.01. The second-order valence-electron chi connectivity index (χ2n) is 3.29. The number of ether oxygens (including phenoxy) is 1. The Bertz CT molecular complexity index is 410. The summed E-state index contributed by atoms with van der Waals surface area (Å²) in [4.78, 5) is 10.8. The third-order valence-electron chi connectivity index (χ3n) is 2.06. The normalized spacial score (nSPS) is 12.2. The van der Waals surface area contributed by atoms with E-state index in [9.17, 15) is 4.79 Å². The van der Waals surface area contributed by atoms with E-state index in [1.807, 2.05) is 0 Å². The van der Waals surface area contributed by atoms with Gasteiger partial charge in [-0.3, -0.25) is 4.79 Å². The number of amides is 1. The van der Waals surface area contributed by atoms with Gasteiger partial charge in [0.25, 0.3) is 0 Å². The van der Waals surface area contributed by atoms with Crippen LogP contribution in [0.5, 0.6) is 5.75 Å². The van der Waals surface area contributed by atoms with E-state index in [0.29, 0.717) is 21.4 Å². The zero-order valence-corrected chi connectivity index (χ0v) is 10.2. The van der Waals surface area contributed by atoms with Crippen molar-refractivity contribution in [3.05, 3.63) is 27.7 Å². The minimum Gasteiger partial charge on any atom is -0.495 e. The van der Waals surface area contributed by atoms with Crippen LogP contribution in [0.15, 0.2) is 12.1 Å². The summed E-state index contributed by atoms with van der Waals surface area (Å²) in [5.41, 5.74) is 11.5. The number of hydrogen-bond acceptors (Lipinski definition) is 3. The molecule has 0 fully saturated rings. The highest BCUT2D eigenvalue weighted by Crippen LogP contribution is 2.35. The minimum atomic E-state index is -0.580. The molecule has 0 saturated heterocycles. The highest BCUT2D eigenvalue weighted by Gasteiger charge is 2.17. The molecule has 0 aliphatic heterocycles. The summed E-state index contributed by atoms with van der Waals surface area (Å²) in [6.45, 7) is 0. The first-order valence-corrected chi connectivity index (χ1v) is 5.28. The Balaban J connectivity index is 3.15. The van der Waals surface area contributed by atoms with Gasteiger partial charge >= 0.3 is 0 Å². The van der Waals surface area contributed by atoms with Crippen molar-refractivity contribution in [1.29, 1.82) is 0 Å². The second-order valence-corrected chi connectivity index (χ2v) is 4.13. The van der Waals surface area contributed by atoms with Crippen LogP contribution < -0.4 is 16.2 Å². The van der Waals surface area contributed by atoms with Crippen molar-refractivity contribution in [2.24, 2.45) is 11.5 Å². The van der Waals surface area contributed by atoms with E-state index in [2.05, 4.69) is 0 Å². The quantitative estimate of drug-likeness (QED) is 0.870. The molecular formula is C10H12Cl2N2O2. The summed E-state index contributed by atoms with van der Waals surface area (Å²) in [5.74, 6) is -0.0783. The molecule has 0 heterocycles. The van der Waals surface area contributed by atoms with Gasteiger partial charge in [0.15, 0.2) is 0 Å². The summed E-state index contributed by atoms with van der Waals surface area (Å²) >= 11 is 11.8. The van der Waals surface area contributed by atoms with E-state index >= 15 is 0 Å². The molecule has 1 unspecified atom stereocenters. The summed E-state index contributed by atoms with van der Waals surface area (Å²) in [7, 11) is 1.47. The number of nitrogens with two attached hydrogens (primary N) is 2. The van der Waals surface area contributed by atoms with Crippen LogP contribution in [0.25, 0.3) is 0 Å². The van der Waals surface area contributed by atoms with E-state index in [0.717, 1.165) is 0 Å². The average Bonchev–Trinajstić information content (AvgIpc) is 2.15. The summed E-state index contributed by atoms with van der Waals surface area (Å²) in [5, 5.41) is 0.783. The number of benzene rings is 1. The van der Waals surface area contributed by atoms with Gasteiger partial charge in [-0.1, -0.05) is 23.2 Å². The molecule has 1 atom stereocenters. The minimum absolute atomic E-state index is 0.00698. The van der Waals surface area contributed by atoms with Crippen molar-refractivity contribution in [2.45, 2.75) is 12.5 Å². The standard InChI is InChI=1S/C10H12Cl2N2O2/c1-16-10-6(8(13)4-9(14)15)2-5(11)3-7(10)12/h2-3,8H,4,13H2,1H3,(H2,14,15). The maximum atomic E-state index is 10.8. The van der Waals surface area contributed by atoms with Gasteiger partial charge in [-0.25, -0.2) is 0 Å². The SMILES string of the molecule is COc1c(Cl)cc(Cl)cc1C(N)CC(N)=O. The predicted octanol–water partition coefficient (Wildman–Crippen LogP) is 1.88. The third-order valence-corrected chi connectivity index (χ3v) is 2.56. The van der Waals surface area contributed by atoms with Gasteiger partial charge in [0.05, 0.1) is 12.1 Å². The number of carbonyl (C=O) groups excluding carboxylic acids is 1. The van der Waals surface area contributed by atoms with Gasteiger partial charge in [0.1, 0.15) is 5.75 Å². The Hall–Kier alpha value is -0.970. The van der Waals surface area contributed by atoms with Crippen LogP contribution in [-0.4, -0.2) is 13.0 Å². The molecule has 0 aromatic heterocycles. The van der Waals surface area contributed by atoms with Gasteiger partial charge in [0, 0.05) is 23.0 Å². The van der Waals surface area contributed by atoms with E-state index in [1.165, 1.54) is 7.11 Å². The molecule has 88 valence electrons. The molecule has 0 saturated carbocycles. The molecule has 1 amide bonds. The molecule has 0 aliphatic carbocycles. The summed E-state index contributed by atoms with van der Waals surface area (Å²) in [6, 6.07) is 2.58. The van der Waals surface area contributed by atoms with E-state index in [4.69, 9.17) is 39.4 Å². The molecule has 6 heteroatoms. The van der Waals surface area contributed by atoms with Crippen molar-refractivity contribution in [2.75, 3.05) is 7.11 Å². The Morgan fingerprint density at radius 1 is 1.50 bits per heavy atom. The van der Waals surface area contributed by atoms with Crippen LogP contribution in [0.1, 0.15) is 18.0 Å².